The molecule has 2 heterocycles. The molecular formula is C31H29F3N4O2S. The van der Waals surface area contributed by atoms with Crippen LogP contribution in [0, 0.1) is 17.5 Å². The molecule has 0 fully saturated rings. The Labute approximate surface area is 240 Å². The van der Waals surface area contributed by atoms with Gasteiger partial charge in [-0.3, -0.25) is 14.5 Å². The summed E-state index contributed by atoms with van der Waals surface area (Å²) in [6.07, 6.45) is 0. The molecule has 1 atom stereocenters. The van der Waals surface area contributed by atoms with E-state index in [0.29, 0.717) is 33.9 Å². The lowest BCUT2D eigenvalue weighted by molar-refractivity contribution is -0.123. The van der Waals surface area contributed by atoms with Crippen molar-refractivity contribution >= 4 is 29.4 Å². The van der Waals surface area contributed by atoms with Crippen molar-refractivity contribution in [3.05, 3.63) is 113 Å². The molecule has 10 heteroatoms. The molecule has 0 radical (unpaired) electrons. The van der Waals surface area contributed by atoms with Gasteiger partial charge in [0.1, 0.15) is 29.8 Å². The molecule has 0 aliphatic carbocycles. The summed E-state index contributed by atoms with van der Waals surface area (Å²) >= 11 is 1.34. The van der Waals surface area contributed by atoms with E-state index in [0.717, 1.165) is 0 Å². The Morgan fingerprint density at radius 3 is 2.27 bits per heavy atom. The van der Waals surface area contributed by atoms with Gasteiger partial charge in [0.2, 0.25) is 11.8 Å². The van der Waals surface area contributed by atoms with Gasteiger partial charge in [0.15, 0.2) is 0 Å². The Balaban J connectivity index is 1.63. The van der Waals surface area contributed by atoms with E-state index in [-0.39, 0.29) is 30.6 Å². The number of hydrogen-bond donors (Lipinski definition) is 1. The normalized spacial score (nSPS) is 15.4. The minimum absolute atomic E-state index is 0.0358. The first-order valence-corrected chi connectivity index (χ1v) is 14.1. The molecular weight excluding hydrogens is 549 g/mol. The topological polar surface area (TPSA) is 67.2 Å². The van der Waals surface area contributed by atoms with E-state index in [1.54, 1.807) is 35.0 Å². The zero-order valence-electron chi connectivity index (χ0n) is 22.8. The average molecular weight is 579 g/mol. The van der Waals surface area contributed by atoms with Gasteiger partial charge in [-0.15, -0.1) is 11.8 Å². The molecule has 1 aliphatic rings. The number of rotatable bonds is 6. The fourth-order valence-electron chi connectivity index (χ4n) is 4.77. The summed E-state index contributed by atoms with van der Waals surface area (Å²) in [5.74, 6) is -1.54. The van der Waals surface area contributed by atoms with Gasteiger partial charge in [0.25, 0.3) is 0 Å². The van der Waals surface area contributed by atoms with Crippen LogP contribution in [0.5, 0.6) is 0 Å². The van der Waals surface area contributed by atoms with E-state index in [2.05, 4.69) is 5.32 Å². The predicted molar refractivity (Wildman–Crippen MR) is 154 cm³/mol. The standard InChI is InChI=1S/C31H29F3N4O2S/c1-31(2,3)29-27-28(20-5-4-6-23(34)15-20)41-18-26(40)37(17-25(39)35-16-19-7-9-21(32)10-8-19)30(27)38(36-29)24-13-11-22(33)12-14-24/h4-15,28H,16-18H2,1-3H3,(H,35,39)/t28-/m1/s1. The summed E-state index contributed by atoms with van der Waals surface area (Å²) in [5, 5.41) is 7.27. The summed E-state index contributed by atoms with van der Waals surface area (Å²) in [6.45, 7) is 5.82. The first kappa shape index (κ1) is 28.5. The quantitative estimate of drug-likeness (QED) is 0.302. The van der Waals surface area contributed by atoms with Crippen LogP contribution in [0.4, 0.5) is 19.0 Å². The second-order valence-corrected chi connectivity index (χ2v) is 11.9. The van der Waals surface area contributed by atoms with Crippen LogP contribution in [0.25, 0.3) is 5.69 Å². The number of nitrogens with zero attached hydrogens (tertiary/aromatic N) is 3. The molecule has 4 aromatic rings. The molecule has 0 saturated carbocycles. The van der Waals surface area contributed by atoms with Crippen molar-refractivity contribution in [2.75, 3.05) is 17.2 Å². The van der Waals surface area contributed by atoms with Gasteiger partial charge in [-0.05, 0) is 59.7 Å². The number of carbonyl (C=O) groups excluding carboxylic acids is 2. The zero-order chi connectivity index (χ0) is 29.3. The molecule has 6 nitrogen and oxygen atoms in total. The number of carbonyl (C=O) groups is 2. The Hall–Kier alpha value is -4.05. The number of aromatic nitrogens is 2. The lowest BCUT2D eigenvalue weighted by atomic mass is 9.87. The number of fused-ring (bicyclic) bond motifs is 1. The van der Waals surface area contributed by atoms with E-state index in [4.69, 9.17) is 5.10 Å². The Bertz CT molecular complexity index is 1580. The molecule has 0 saturated heterocycles. The fourth-order valence-corrected chi connectivity index (χ4v) is 5.96. The van der Waals surface area contributed by atoms with E-state index in [9.17, 15) is 22.8 Å². The third-order valence-corrected chi connectivity index (χ3v) is 7.98. The first-order chi connectivity index (χ1) is 19.5. The van der Waals surface area contributed by atoms with Crippen LogP contribution >= 0.6 is 11.8 Å². The van der Waals surface area contributed by atoms with Crippen molar-refractivity contribution in [1.82, 2.24) is 15.1 Å². The third kappa shape index (κ3) is 6.17. The minimum Gasteiger partial charge on any atom is -0.350 e. The van der Waals surface area contributed by atoms with Crippen LogP contribution in [-0.2, 0) is 21.5 Å². The fraction of sp³-hybridized carbons (Fsp3) is 0.258. The highest BCUT2D eigenvalue weighted by Crippen LogP contribution is 2.48. The number of anilines is 1. The summed E-state index contributed by atoms with van der Waals surface area (Å²) in [5.41, 5.74) is 2.74. The van der Waals surface area contributed by atoms with Gasteiger partial charge in [0, 0.05) is 17.5 Å². The monoisotopic (exact) mass is 578 g/mol. The molecule has 41 heavy (non-hydrogen) atoms. The average Bonchev–Trinajstić information content (AvgIpc) is 3.26. The van der Waals surface area contributed by atoms with Crippen molar-refractivity contribution in [1.29, 1.82) is 0 Å². The Kier molecular flexibility index (Phi) is 7.95. The van der Waals surface area contributed by atoms with Crippen LogP contribution in [0.15, 0.2) is 72.8 Å². The second kappa shape index (κ2) is 11.4. The van der Waals surface area contributed by atoms with Crippen molar-refractivity contribution in [2.45, 2.75) is 38.0 Å². The number of thioether (sulfide) groups is 1. The van der Waals surface area contributed by atoms with Gasteiger partial charge < -0.3 is 5.32 Å². The lowest BCUT2D eigenvalue weighted by Gasteiger charge is -2.24. The highest BCUT2D eigenvalue weighted by atomic mass is 32.2. The molecule has 0 bridgehead atoms. The summed E-state index contributed by atoms with van der Waals surface area (Å²) in [4.78, 5) is 28.3. The molecule has 1 aromatic heterocycles. The SMILES string of the molecule is CC(C)(C)c1nn(-c2ccc(F)cc2)c2c1[C@@H](c1cccc(F)c1)SCC(=O)N2CC(=O)NCc1ccc(F)cc1. The molecule has 5 rings (SSSR count). The molecule has 1 N–H and O–H groups in total. The maximum atomic E-state index is 14.4. The lowest BCUT2D eigenvalue weighted by Crippen LogP contribution is -2.42. The summed E-state index contributed by atoms with van der Waals surface area (Å²) < 4.78 is 43.1. The smallest absolute Gasteiger partial charge is 0.240 e. The Morgan fingerprint density at radius 2 is 1.63 bits per heavy atom. The van der Waals surface area contributed by atoms with Gasteiger partial charge >= 0.3 is 0 Å². The first-order valence-electron chi connectivity index (χ1n) is 13.1. The number of amides is 2. The van der Waals surface area contributed by atoms with Crippen LogP contribution in [-0.4, -0.2) is 33.9 Å². The number of benzene rings is 3. The van der Waals surface area contributed by atoms with Gasteiger partial charge in [-0.25, -0.2) is 17.9 Å². The number of nitrogens with one attached hydrogen (secondary N) is 1. The highest BCUT2D eigenvalue weighted by molar-refractivity contribution is 8.00. The van der Waals surface area contributed by atoms with Gasteiger partial charge in [-0.1, -0.05) is 45.0 Å². The largest absolute Gasteiger partial charge is 0.350 e. The molecule has 212 valence electrons. The van der Waals surface area contributed by atoms with Gasteiger partial charge in [0.05, 0.1) is 22.4 Å². The van der Waals surface area contributed by atoms with Crippen LogP contribution < -0.4 is 10.2 Å². The molecule has 3 aromatic carbocycles. The maximum absolute atomic E-state index is 14.4. The molecule has 2 amide bonds. The second-order valence-electron chi connectivity index (χ2n) is 10.9. The third-order valence-electron chi connectivity index (χ3n) is 6.73. The van der Waals surface area contributed by atoms with Crippen LogP contribution in [0.3, 0.4) is 0 Å². The van der Waals surface area contributed by atoms with Gasteiger partial charge in [-0.2, -0.15) is 5.10 Å². The molecule has 1 aliphatic heterocycles. The van der Waals surface area contributed by atoms with E-state index >= 15 is 0 Å². The van der Waals surface area contributed by atoms with Crippen molar-refractivity contribution in [3.8, 4) is 5.69 Å². The summed E-state index contributed by atoms with van der Waals surface area (Å²) in [7, 11) is 0. The van der Waals surface area contributed by atoms with E-state index in [1.807, 2.05) is 26.8 Å². The van der Waals surface area contributed by atoms with Crippen molar-refractivity contribution in [2.24, 2.45) is 0 Å². The zero-order valence-corrected chi connectivity index (χ0v) is 23.6. The predicted octanol–water partition coefficient (Wildman–Crippen LogP) is 6.07. The Morgan fingerprint density at radius 1 is 0.976 bits per heavy atom. The highest BCUT2D eigenvalue weighted by Gasteiger charge is 2.40. The van der Waals surface area contributed by atoms with Crippen LogP contribution in [0.2, 0.25) is 0 Å². The number of hydrogen-bond acceptors (Lipinski definition) is 4. The molecule has 0 spiro atoms. The van der Waals surface area contributed by atoms with E-state index < -0.39 is 28.2 Å². The van der Waals surface area contributed by atoms with Crippen LogP contribution in [0.1, 0.15) is 48.4 Å². The molecule has 0 unspecified atom stereocenters. The minimum atomic E-state index is -0.495. The van der Waals surface area contributed by atoms with Crippen molar-refractivity contribution in [3.63, 3.8) is 0 Å². The van der Waals surface area contributed by atoms with E-state index in [1.165, 1.54) is 53.1 Å². The van der Waals surface area contributed by atoms with Crippen molar-refractivity contribution < 1.29 is 22.8 Å². The number of halogens is 3. The summed E-state index contributed by atoms with van der Waals surface area (Å²) in [6, 6.07) is 17.7. The maximum Gasteiger partial charge on any atom is 0.240 e.